The van der Waals surface area contributed by atoms with E-state index in [1.807, 2.05) is 12.1 Å². The van der Waals surface area contributed by atoms with Gasteiger partial charge in [0.05, 0.1) is 7.11 Å². The van der Waals surface area contributed by atoms with Crippen LogP contribution in [0.25, 0.3) is 0 Å². The van der Waals surface area contributed by atoms with Gasteiger partial charge in [0, 0.05) is 29.0 Å². The van der Waals surface area contributed by atoms with Gasteiger partial charge in [-0.2, -0.15) is 0 Å². The van der Waals surface area contributed by atoms with E-state index in [-0.39, 0.29) is 5.54 Å². The van der Waals surface area contributed by atoms with Crippen LogP contribution in [0.5, 0.6) is 5.75 Å². The van der Waals surface area contributed by atoms with Gasteiger partial charge in [0.15, 0.2) is 0 Å². The molecule has 0 aliphatic rings. The fraction of sp³-hybridized carbons (Fsp3) is 0.455. The van der Waals surface area contributed by atoms with Gasteiger partial charge >= 0.3 is 0 Å². The molecule has 14 heavy (non-hydrogen) atoms. The van der Waals surface area contributed by atoms with Crippen LogP contribution in [0.2, 0.25) is 0 Å². The lowest BCUT2D eigenvalue weighted by Gasteiger charge is -2.22. The van der Waals surface area contributed by atoms with E-state index in [0.29, 0.717) is 5.69 Å². The smallest absolute Gasteiger partial charge is 0.122 e. The largest absolute Gasteiger partial charge is 0.497 e. The van der Waals surface area contributed by atoms with E-state index < -0.39 is 0 Å². The second-order valence-electron chi connectivity index (χ2n) is 4.37. The summed E-state index contributed by atoms with van der Waals surface area (Å²) < 4.78 is 5.13. The van der Waals surface area contributed by atoms with Crippen molar-refractivity contribution >= 4 is 11.4 Å². The predicted octanol–water partition coefficient (Wildman–Crippen LogP) is 2.49. The van der Waals surface area contributed by atoms with Crippen molar-refractivity contribution in [3.8, 4) is 5.75 Å². The Bertz CT molecular complexity index is 316. The molecule has 0 heterocycles. The molecule has 0 saturated heterocycles. The number of hydrogen-bond acceptors (Lipinski definition) is 3. The summed E-state index contributed by atoms with van der Waals surface area (Å²) in [6.07, 6.45) is 0. The maximum absolute atomic E-state index is 5.73. The molecule has 0 spiro atoms. The quantitative estimate of drug-likeness (QED) is 0.711. The minimum absolute atomic E-state index is 0.0266. The van der Waals surface area contributed by atoms with Crippen molar-refractivity contribution in [2.75, 3.05) is 18.2 Å². The summed E-state index contributed by atoms with van der Waals surface area (Å²) in [5.74, 6) is 0.775. The molecule has 0 amide bonds. The SMILES string of the molecule is COc1cc(N)cc(NC(C)(C)C)c1. The molecule has 0 aromatic heterocycles. The summed E-state index contributed by atoms with van der Waals surface area (Å²) in [7, 11) is 1.63. The summed E-state index contributed by atoms with van der Waals surface area (Å²) in [5, 5.41) is 3.34. The Morgan fingerprint density at radius 1 is 1.21 bits per heavy atom. The lowest BCUT2D eigenvalue weighted by molar-refractivity contribution is 0.415. The van der Waals surface area contributed by atoms with E-state index in [2.05, 4.69) is 26.1 Å². The summed E-state index contributed by atoms with van der Waals surface area (Å²) in [6, 6.07) is 5.63. The number of ether oxygens (including phenoxy) is 1. The number of anilines is 2. The lowest BCUT2D eigenvalue weighted by Crippen LogP contribution is -2.26. The zero-order valence-electron chi connectivity index (χ0n) is 9.22. The van der Waals surface area contributed by atoms with Crippen molar-refractivity contribution in [2.45, 2.75) is 26.3 Å². The molecule has 0 aliphatic carbocycles. The van der Waals surface area contributed by atoms with Gasteiger partial charge in [-0.05, 0) is 26.8 Å². The van der Waals surface area contributed by atoms with Crippen LogP contribution in [0, 0.1) is 0 Å². The van der Waals surface area contributed by atoms with Crippen LogP contribution < -0.4 is 15.8 Å². The Kier molecular flexibility index (Phi) is 2.89. The third kappa shape index (κ3) is 3.17. The number of nitrogen functional groups attached to an aromatic ring is 1. The average molecular weight is 194 g/mol. The van der Waals surface area contributed by atoms with E-state index in [1.54, 1.807) is 13.2 Å². The van der Waals surface area contributed by atoms with Crippen molar-refractivity contribution < 1.29 is 4.74 Å². The Hall–Kier alpha value is -1.38. The van der Waals surface area contributed by atoms with Crippen molar-refractivity contribution in [3.63, 3.8) is 0 Å². The molecule has 0 aliphatic heterocycles. The molecule has 78 valence electrons. The number of hydrogen-bond donors (Lipinski definition) is 2. The zero-order valence-corrected chi connectivity index (χ0v) is 9.22. The molecule has 3 N–H and O–H groups in total. The highest BCUT2D eigenvalue weighted by atomic mass is 16.5. The molecule has 0 atom stereocenters. The van der Waals surface area contributed by atoms with Gasteiger partial charge < -0.3 is 15.8 Å². The maximum Gasteiger partial charge on any atom is 0.122 e. The Balaban J connectivity index is 2.92. The molecule has 0 saturated carbocycles. The van der Waals surface area contributed by atoms with Crippen LogP contribution in [0.15, 0.2) is 18.2 Å². The van der Waals surface area contributed by atoms with Crippen LogP contribution >= 0.6 is 0 Å². The fourth-order valence-corrected chi connectivity index (χ4v) is 1.25. The minimum Gasteiger partial charge on any atom is -0.497 e. The highest BCUT2D eigenvalue weighted by molar-refractivity contribution is 5.59. The first-order valence-corrected chi connectivity index (χ1v) is 4.63. The van der Waals surface area contributed by atoms with Gasteiger partial charge in [0.1, 0.15) is 5.75 Å². The standard InChI is InChI=1S/C11H18N2O/c1-11(2,3)13-9-5-8(12)6-10(7-9)14-4/h5-7,13H,12H2,1-4H3. The van der Waals surface area contributed by atoms with Crippen LogP contribution in [0.4, 0.5) is 11.4 Å². The van der Waals surface area contributed by atoms with Crippen molar-refractivity contribution in [3.05, 3.63) is 18.2 Å². The molecule has 3 heteroatoms. The summed E-state index contributed by atoms with van der Waals surface area (Å²) in [5.41, 5.74) is 7.45. The van der Waals surface area contributed by atoms with Gasteiger partial charge in [0.2, 0.25) is 0 Å². The van der Waals surface area contributed by atoms with E-state index in [0.717, 1.165) is 11.4 Å². The minimum atomic E-state index is 0.0266. The highest BCUT2D eigenvalue weighted by Crippen LogP contribution is 2.24. The molecule has 0 unspecified atom stereocenters. The van der Waals surface area contributed by atoms with E-state index in [1.165, 1.54) is 0 Å². The first kappa shape index (κ1) is 10.7. The Morgan fingerprint density at radius 2 is 1.86 bits per heavy atom. The third-order valence-electron chi connectivity index (χ3n) is 1.68. The monoisotopic (exact) mass is 194 g/mol. The molecule has 3 nitrogen and oxygen atoms in total. The van der Waals surface area contributed by atoms with Crippen LogP contribution in [0.1, 0.15) is 20.8 Å². The van der Waals surface area contributed by atoms with Gasteiger partial charge in [-0.1, -0.05) is 0 Å². The van der Waals surface area contributed by atoms with Crippen molar-refractivity contribution in [1.82, 2.24) is 0 Å². The topological polar surface area (TPSA) is 47.3 Å². The Labute approximate surface area is 85.3 Å². The molecular formula is C11H18N2O. The van der Waals surface area contributed by atoms with Gasteiger partial charge in [-0.15, -0.1) is 0 Å². The van der Waals surface area contributed by atoms with Crippen molar-refractivity contribution in [1.29, 1.82) is 0 Å². The molecule has 0 fully saturated rings. The molecule has 1 rings (SSSR count). The average Bonchev–Trinajstić information content (AvgIpc) is 1.99. The first-order valence-electron chi connectivity index (χ1n) is 4.63. The lowest BCUT2D eigenvalue weighted by atomic mass is 10.1. The number of nitrogens with one attached hydrogen (secondary N) is 1. The van der Waals surface area contributed by atoms with Crippen LogP contribution in [-0.2, 0) is 0 Å². The number of nitrogens with two attached hydrogens (primary N) is 1. The van der Waals surface area contributed by atoms with Crippen molar-refractivity contribution in [2.24, 2.45) is 0 Å². The second-order valence-corrected chi connectivity index (χ2v) is 4.37. The summed E-state index contributed by atoms with van der Waals surface area (Å²) in [4.78, 5) is 0. The molecule has 0 radical (unpaired) electrons. The molecule has 0 bridgehead atoms. The third-order valence-corrected chi connectivity index (χ3v) is 1.68. The molecule has 1 aromatic carbocycles. The number of methoxy groups -OCH3 is 1. The van der Waals surface area contributed by atoms with E-state index >= 15 is 0 Å². The fourth-order valence-electron chi connectivity index (χ4n) is 1.25. The van der Waals surface area contributed by atoms with Crippen LogP contribution in [-0.4, -0.2) is 12.6 Å². The zero-order chi connectivity index (χ0) is 10.8. The van der Waals surface area contributed by atoms with Gasteiger partial charge in [0.25, 0.3) is 0 Å². The molecular weight excluding hydrogens is 176 g/mol. The summed E-state index contributed by atoms with van der Waals surface area (Å²) >= 11 is 0. The van der Waals surface area contributed by atoms with Gasteiger partial charge in [-0.25, -0.2) is 0 Å². The van der Waals surface area contributed by atoms with E-state index in [9.17, 15) is 0 Å². The second kappa shape index (κ2) is 3.78. The molecule has 1 aromatic rings. The van der Waals surface area contributed by atoms with E-state index in [4.69, 9.17) is 10.5 Å². The van der Waals surface area contributed by atoms with Gasteiger partial charge in [-0.3, -0.25) is 0 Å². The summed E-state index contributed by atoms with van der Waals surface area (Å²) in [6.45, 7) is 6.30. The first-order chi connectivity index (χ1) is 6.40. The number of benzene rings is 1. The maximum atomic E-state index is 5.73. The normalized spacial score (nSPS) is 11.1. The van der Waals surface area contributed by atoms with Crippen LogP contribution in [0.3, 0.4) is 0 Å². The number of rotatable bonds is 2. The Morgan fingerprint density at radius 3 is 2.36 bits per heavy atom. The predicted molar refractivity (Wildman–Crippen MR) is 60.8 cm³/mol. The highest BCUT2D eigenvalue weighted by Gasteiger charge is 2.10.